The Morgan fingerprint density at radius 2 is 2.00 bits per heavy atom. The molecule has 0 atom stereocenters. The molecule has 6 nitrogen and oxygen atoms in total. The molecule has 0 saturated carbocycles. The number of fused-ring (bicyclic) bond motifs is 1. The molecule has 3 aromatic heterocycles. The van der Waals surface area contributed by atoms with Crippen LogP contribution in [-0.4, -0.2) is 35.6 Å². The number of nitrogens with zero attached hydrogens (tertiary/aromatic N) is 5. The highest BCUT2D eigenvalue weighted by molar-refractivity contribution is 7.99. The fourth-order valence-corrected chi connectivity index (χ4v) is 3.00. The van der Waals surface area contributed by atoms with Crippen LogP contribution in [0, 0.1) is 0 Å². The average molecular weight is 355 g/mol. The van der Waals surface area contributed by atoms with Crippen molar-refractivity contribution in [3.8, 4) is 17.3 Å². The second-order valence-corrected chi connectivity index (χ2v) is 6.21. The number of aryl methyl sites for hydroxylation is 1. The SMILES string of the molecule is CCSc1cc(O)cnc1-c1nc2cc(C(F)(F)F)nnc2n1C. The lowest BCUT2D eigenvalue weighted by atomic mass is 10.3. The van der Waals surface area contributed by atoms with Gasteiger partial charge in [0.2, 0.25) is 0 Å². The van der Waals surface area contributed by atoms with Gasteiger partial charge in [0.05, 0.1) is 6.20 Å². The minimum atomic E-state index is -4.58. The molecule has 0 aliphatic carbocycles. The molecule has 0 spiro atoms. The summed E-state index contributed by atoms with van der Waals surface area (Å²) in [6, 6.07) is 2.40. The van der Waals surface area contributed by atoms with Gasteiger partial charge in [-0.25, -0.2) is 9.97 Å². The third-order valence-electron chi connectivity index (χ3n) is 3.26. The highest BCUT2D eigenvalue weighted by Gasteiger charge is 2.34. The summed E-state index contributed by atoms with van der Waals surface area (Å²) in [5.41, 5.74) is -0.326. The van der Waals surface area contributed by atoms with Gasteiger partial charge in [-0.2, -0.15) is 13.2 Å². The number of aromatic hydroxyl groups is 1. The third kappa shape index (κ3) is 2.88. The minimum absolute atomic E-state index is 0.00705. The molecule has 0 aliphatic rings. The van der Waals surface area contributed by atoms with Crippen molar-refractivity contribution in [2.75, 3.05) is 5.75 Å². The van der Waals surface area contributed by atoms with E-state index in [2.05, 4.69) is 20.2 Å². The van der Waals surface area contributed by atoms with Crippen molar-refractivity contribution in [3.63, 3.8) is 0 Å². The molecule has 0 bridgehead atoms. The van der Waals surface area contributed by atoms with Crippen molar-refractivity contribution in [3.05, 3.63) is 24.0 Å². The Kier molecular flexibility index (Phi) is 4.08. The summed E-state index contributed by atoms with van der Waals surface area (Å²) in [5, 5.41) is 16.4. The third-order valence-corrected chi connectivity index (χ3v) is 4.17. The summed E-state index contributed by atoms with van der Waals surface area (Å²) < 4.78 is 39.9. The monoisotopic (exact) mass is 355 g/mol. The lowest BCUT2D eigenvalue weighted by Gasteiger charge is -2.07. The molecule has 0 saturated heterocycles. The maximum atomic E-state index is 12.8. The quantitative estimate of drug-likeness (QED) is 0.727. The van der Waals surface area contributed by atoms with Crippen molar-refractivity contribution in [2.24, 2.45) is 7.05 Å². The highest BCUT2D eigenvalue weighted by atomic mass is 32.2. The number of pyridine rings is 1. The molecule has 3 rings (SSSR count). The second kappa shape index (κ2) is 5.93. The zero-order valence-electron chi connectivity index (χ0n) is 12.7. The van der Waals surface area contributed by atoms with Crippen molar-refractivity contribution in [2.45, 2.75) is 18.0 Å². The first-order valence-electron chi connectivity index (χ1n) is 6.90. The van der Waals surface area contributed by atoms with Crippen LogP contribution in [0.3, 0.4) is 0 Å². The molecule has 0 aliphatic heterocycles. The lowest BCUT2D eigenvalue weighted by Crippen LogP contribution is -2.09. The first-order valence-corrected chi connectivity index (χ1v) is 7.89. The second-order valence-electron chi connectivity index (χ2n) is 4.90. The number of hydrogen-bond donors (Lipinski definition) is 1. The predicted octanol–water partition coefficient (Wildman–Crippen LogP) is 3.26. The maximum Gasteiger partial charge on any atom is 0.435 e. The Labute approximate surface area is 138 Å². The van der Waals surface area contributed by atoms with Gasteiger partial charge < -0.3 is 9.67 Å². The van der Waals surface area contributed by atoms with Crippen LogP contribution in [-0.2, 0) is 13.2 Å². The van der Waals surface area contributed by atoms with E-state index in [1.54, 1.807) is 13.1 Å². The van der Waals surface area contributed by atoms with E-state index in [-0.39, 0.29) is 16.9 Å². The number of hydrogen-bond acceptors (Lipinski definition) is 6. The zero-order valence-corrected chi connectivity index (χ0v) is 13.5. The smallest absolute Gasteiger partial charge is 0.435 e. The van der Waals surface area contributed by atoms with Crippen LogP contribution in [0.5, 0.6) is 5.75 Å². The topological polar surface area (TPSA) is 76.7 Å². The summed E-state index contributed by atoms with van der Waals surface area (Å²) in [4.78, 5) is 9.08. The molecule has 0 unspecified atom stereocenters. The van der Waals surface area contributed by atoms with Gasteiger partial charge in [-0.1, -0.05) is 6.92 Å². The standard InChI is InChI=1S/C14H12F3N5OS/c1-3-24-9-4-7(23)6-18-11(9)13-19-8-5-10(14(15,16)17)20-21-12(8)22(13)2/h4-6,23H,3H2,1-2H3. The van der Waals surface area contributed by atoms with Crippen LogP contribution in [0.1, 0.15) is 12.6 Å². The summed E-state index contributed by atoms with van der Waals surface area (Å²) >= 11 is 1.45. The first kappa shape index (κ1) is 16.5. The Morgan fingerprint density at radius 3 is 2.67 bits per heavy atom. The Bertz CT molecular complexity index is 909. The van der Waals surface area contributed by atoms with Gasteiger partial charge in [-0.3, -0.25) is 0 Å². The summed E-state index contributed by atoms with van der Waals surface area (Å²) in [7, 11) is 1.63. The van der Waals surface area contributed by atoms with Crippen LogP contribution in [0.15, 0.2) is 23.2 Å². The van der Waals surface area contributed by atoms with Gasteiger partial charge >= 0.3 is 6.18 Å². The van der Waals surface area contributed by atoms with Gasteiger partial charge in [-0.15, -0.1) is 22.0 Å². The molecule has 0 amide bonds. The van der Waals surface area contributed by atoms with Crippen molar-refractivity contribution >= 4 is 22.9 Å². The summed E-state index contributed by atoms with van der Waals surface area (Å²) in [6.45, 7) is 1.94. The zero-order chi connectivity index (χ0) is 17.5. The van der Waals surface area contributed by atoms with E-state index < -0.39 is 11.9 Å². The largest absolute Gasteiger partial charge is 0.506 e. The number of aromatic nitrogens is 5. The van der Waals surface area contributed by atoms with Crippen LogP contribution < -0.4 is 0 Å². The highest BCUT2D eigenvalue weighted by Crippen LogP contribution is 2.33. The predicted molar refractivity (Wildman–Crippen MR) is 82.6 cm³/mol. The molecule has 24 heavy (non-hydrogen) atoms. The molecule has 3 heterocycles. The van der Waals surface area contributed by atoms with E-state index in [0.717, 1.165) is 11.8 Å². The van der Waals surface area contributed by atoms with E-state index >= 15 is 0 Å². The van der Waals surface area contributed by atoms with E-state index in [4.69, 9.17) is 0 Å². The molecule has 1 N–H and O–H groups in total. The van der Waals surface area contributed by atoms with Crippen LogP contribution >= 0.6 is 11.8 Å². The number of thioether (sulfide) groups is 1. The Balaban J connectivity index is 2.19. The van der Waals surface area contributed by atoms with Gasteiger partial charge in [0.1, 0.15) is 17.0 Å². The number of imidazole rings is 1. The number of halogens is 3. The first-order chi connectivity index (χ1) is 11.3. The van der Waals surface area contributed by atoms with Crippen molar-refractivity contribution in [1.82, 2.24) is 24.7 Å². The van der Waals surface area contributed by atoms with E-state index in [1.165, 1.54) is 22.5 Å². The molecule has 10 heteroatoms. The molecule has 0 aromatic carbocycles. The fraction of sp³-hybridized carbons (Fsp3) is 0.286. The van der Waals surface area contributed by atoms with Crippen LogP contribution in [0.4, 0.5) is 13.2 Å². The molecular formula is C14H12F3N5OS. The molecular weight excluding hydrogens is 343 g/mol. The summed E-state index contributed by atoms with van der Waals surface area (Å²) in [6.07, 6.45) is -3.32. The van der Waals surface area contributed by atoms with Gasteiger partial charge in [0.25, 0.3) is 0 Å². The van der Waals surface area contributed by atoms with Gasteiger partial charge in [0, 0.05) is 18.0 Å². The molecule has 126 valence electrons. The normalized spacial score (nSPS) is 12.0. The average Bonchev–Trinajstić information content (AvgIpc) is 2.83. The Morgan fingerprint density at radius 1 is 1.25 bits per heavy atom. The fourth-order valence-electron chi connectivity index (χ4n) is 2.20. The molecule has 3 aromatic rings. The minimum Gasteiger partial charge on any atom is -0.506 e. The lowest BCUT2D eigenvalue weighted by molar-refractivity contribution is -0.141. The van der Waals surface area contributed by atoms with Crippen LogP contribution in [0.2, 0.25) is 0 Å². The van der Waals surface area contributed by atoms with Crippen molar-refractivity contribution < 1.29 is 18.3 Å². The van der Waals surface area contributed by atoms with E-state index in [0.29, 0.717) is 16.4 Å². The van der Waals surface area contributed by atoms with Crippen molar-refractivity contribution in [1.29, 1.82) is 0 Å². The van der Waals surface area contributed by atoms with Gasteiger partial charge in [0.15, 0.2) is 17.2 Å². The molecule has 0 radical (unpaired) electrons. The maximum absolute atomic E-state index is 12.8. The number of rotatable bonds is 3. The summed E-state index contributed by atoms with van der Waals surface area (Å²) in [5.74, 6) is 1.10. The number of alkyl halides is 3. The van der Waals surface area contributed by atoms with E-state index in [9.17, 15) is 18.3 Å². The van der Waals surface area contributed by atoms with E-state index in [1.807, 2.05) is 6.92 Å². The van der Waals surface area contributed by atoms with Crippen LogP contribution in [0.25, 0.3) is 22.7 Å². The van der Waals surface area contributed by atoms with Gasteiger partial charge in [-0.05, 0) is 11.8 Å². The Hall–Kier alpha value is -2.36. The molecule has 0 fully saturated rings.